The smallest absolute Gasteiger partial charge is 0.269 e. The number of amides is 1. The van der Waals surface area contributed by atoms with Crippen LogP contribution in [0.25, 0.3) is 28.6 Å². The Morgan fingerprint density at radius 3 is 2.55 bits per heavy atom. The van der Waals surface area contributed by atoms with Crippen LogP contribution in [0.5, 0.6) is 0 Å². The molecule has 0 atom stereocenters. The summed E-state index contributed by atoms with van der Waals surface area (Å²) < 4.78 is 5.73. The van der Waals surface area contributed by atoms with Crippen LogP contribution in [-0.4, -0.2) is 20.8 Å². The molecule has 29 heavy (non-hydrogen) atoms. The van der Waals surface area contributed by atoms with Crippen LogP contribution in [-0.2, 0) is 4.79 Å². The van der Waals surface area contributed by atoms with Crippen molar-refractivity contribution in [2.45, 2.75) is 0 Å². The number of nitrogens with zero attached hydrogens (tertiary/aromatic N) is 3. The topological polar surface area (TPSA) is 111 Å². The summed E-state index contributed by atoms with van der Waals surface area (Å²) in [6.45, 7) is 0. The van der Waals surface area contributed by atoms with Gasteiger partial charge in [-0.25, -0.2) is 4.98 Å². The lowest BCUT2D eigenvalue weighted by atomic mass is 10.2. The maximum absolute atomic E-state index is 12.2. The molecular formula is C21H14N4O4. The zero-order chi connectivity index (χ0) is 20.2. The van der Waals surface area contributed by atoms with E-state index in [4.69, 9.17) is 4.42 Å². The van der Waals surface area contributed by atoms with Gasteiger partial charge >= 0.3 is 0 Å². The van der Waals surface area contributed by atoms with Crippen LogP contribution in [0, 0.1) is 10.1 Å². The Bertz CT molecular complexity index is 1210. The highest BCUT2D eigenvalue weighted by Gasteiger charge is 2.09. The lowest BCUT2D eigenvalue weighted by Gasteiger charge is -2.01. The molecule has 1 amide bonds. The number of nitro groups is 1. The maximum Gasteiger partial charge on any atom is 0.269 e. The third-order valence-corrected chi connectivity index (χ3v) is 4.11. The van der Waals surface area contributed by atoms with E-state index >= 15 is 0 Å². The summed E-state index contributed by atoms with van der Waals surface area (Å²) in [5.74, 6) is 0.143. The monoisotopic (exact) mass is 386 g/mol. The minimum absolute atomic E-state index is 0.00125. The fraction of sp³-hybridized carbons (Fsp3) is 0. The van der Waals surface area contributed by atoms with Crippen molar-refractivity contribution in [2.24, 2.45) is 0 Å². The lowest BCUT2D eigenvalue weighted by Crippen LogP contribution is -2.07. The molecule has 8 nitrogen and oxygen atoms in total. The summed E-state index contributed by atoms with van der Waals surface area (Å²) in [4.78, 5) is 30.8. The normalized spacial score (nSPS) is 11.0. The van der Waals surface area contributed by atoms with Gasteiger partial charge in [0.1, 0.15) is 5.52 Å². The fourth-order valence-electron chi connectivity index (χ4n) is 2.69. The van der Waals surface area contributed by atoms with Gasteiger partial charge in [0.05, 0.1) is 4.92 Å². The first-order valence-corrected chi connectivity index (χ1v) is 8.63. The van der Waals surface area contributed by atoms with Gasteiger partial charge in [0.25, 0.3) is 5.69 Å². The molecule has 0 saturated heterocycles. The molecule has 0 aliphatic rings. The highest BCUT2D eigenvalue weighted by molar-refractivity contribution is 6.02. The third-order valence-electron chi connectivity index (χ3n) is 4.11. The molecule has 4 aromatic rings. The number of anilines is 1. The number of carbonyl (C=O) groups excluding carboxylic acids is 1. The Labute approximate surface area is 164 Å². The number of aromatic nitrogens is 2. The number of hydrogen-bond donors (Lipinski definition) is 1. The van der Waals surface area contributed by atoms with Gasteiger partial charge in [0, 0.05) is 41.9 Å². The molecule has 0 spiro atoms. The van der Waals surface area contributed by atoms with Crippen molar-refractivity contribution in [3.8, 4) is 11.5 Å². The zero-order valence-electron chi connectivity index (χ0n) is 15.0. The van der Waals surface area contributed by atoms with Crippen molar-refractivity contribution in [3.05, 3.63) is 88.7 Å². The van der Waals surface area contributed by atoms with Gasteiger partial charge < -0.3 is 9.73 Å². The molecule has 0 bridgehead atoms. The lowest BCUT2D eigenvalue weighted by molar-refractivity contribution is -0.384. The Balaban J connectivity index is 1.47. The average molecular weight is 386 g/mol. The number of carbonyl (C=O) groups is 1. The number of oxazole rings is 1. The number of non-ortho nitro benzene ring substituents is 1. The van der Waals surface area contributed by atoms with Crippen LogP contribution in [0.1, 0.15) is 5.56 Å². The van der Waals surface area contributed by atoms with E-state index in [0.29, 0.717) is 28.2 Å². The number of nitro benzene ring substituents is 1. The number of hydrogen-bond acceptors (Lipinski definition) is 6. The zero-order valence-corrected chi connectivity index (χ0v) is 15.0. The van der Waals surface area contributed by atoms with Crippen molar-refractivity contribution in [1.82, 2.24) is 9.97 Å². The van der Waals surface area contributed by atoms with Gasteiger partial charge in [-0.05, 0) is 54.1 Å². The fourth-order valence-corrected chi connectivity index (χ4v) is 2.69. The molecule has 8 heteroatoms. The molecule has 2 aromatic carbocycles. The number of benzene rings is 2. The van der Waals surface area contributed by atoms with Crippen molar-refractivity contribution in [3.63, 3.8) is 0 Å². The van der Waals surface area contributed by atoms with Gasteiger partial charge in [-0.1, -0.05) is 0 Å². The molecule has 2 aromatic heterocycles. The number of fused-ring (bicyclic) bond motifs is 1. The second-order valence-corrected chi connectivity index (χ2v) is 6.11. The van der Waals surface area contributed by atoms with Crippen LogP contribution in [0.3, 0.4) is 0 Å². The van der Waals surface area contributed by atoms with E-state index < -0.39 is 4.92 Å². The molecule has 0 fully saturated rings. The largest absolute Gasteiger partial charge is 0.436 e. The molecule has 1 N–H and O–H groups in total. The van der Waals surface area contributed by atoms with Gasteiger partial charge in [0.15, 0.2) is 5.58 Å². The Kier molecular flexibility index (Phi) is 4.81. The first kappa shape index (κ1) is 18.1. The molecule has 142 valence electrons. The van der Waals surface area contributed by atoms with E-state index in [2.05, 4.69) is 15.3 Å². The van der Waals surface area contributed by atoms with E-state index in [9.17, 15) is 14.9 Å². The summed E-state index contributed by atoms with van der Waals surface area (Å²) in [7, 11) is 0. The van der Waals surface area contributed by atoms with E-state index in [1.807, 2.05) is 0 Å². The minimum atomic E-state index is -0.472. The molecule has 0 saturated carbocycles. The standard InChI is InChI=1S/C21H14N4O4/c26-20(8-3-14-1-5-17(6-2-14)25(27)28)23-16-4-7-19-18(13-16)24-21(29-19)15-9-11-22-12-10-15/h1-13H,(H,23,26)/b8-3-. The second-order valence-electron chi connectivity index (χ2n) is 6.11. The Morgan fingerprint density at radius 2 is 1.83 bits per heavy atom. The van der Waals surface area contributed by atoms with Crippen molar-refractivity contribution in [2.75, 3.05) is 5.32 Å². The molecule has 4 rings (SSSR count). The van der Waals surface area contributed by atoms with Gasteiger partial charge in [-0.2, -0.15) is 0 Å². The summed E-state index contributed by atoms with van der Waals surface area (Å²) >= 11 is 0. The van der Waals surface area contributed by atoms with Crippen LogP contribution < -0.4 is 5.32 Å². The highest BCUT2D eigenvalue weighted by Crippen LogP contribution is 2.25. The van der Waals surface area contributed by atoms with E-state index in [0.717, 1.165) is 5.56 Å². The van der Waals surface area contributed by atoms with Gasteiger partial charge in [0.2, 0.25) is 11.8 Å². The second kappa shape index (κ2) is 7.73. The Hall–Kier alpha value is -4.33. The predicted octanol–water partition coefficient (Wildman–Crippen LogP) is 4.45. The van der Waals surface area contributed by atoms with Crippen molar-refractivity contribution in [1.29, 1.82) is 0 Å². The number of rotatable bonds is 5. The predicted molar refractivity (Wildman–Crippen MR) is 108 cm³/mol. The van der Waals surface area contributed by atoms with Crippen molar-refractivity contribution < 1.29 is 14.1 Å². The number of pyridine rings is 1. The first-order valence-electron chi connectivity index (χ1n) is 8.63. The maximum atomic E-state index is 12.2. The summed E-state index contributed by atoms with van der Waals surface area (Å²) in [5.41, 5.74) is 3.29. The molecule has 0 aliphatic carbocycles. The molecule has 2 heterocycles. The molecular weight excluding hydrogens is 372 g/mol. The van der Waals surface area contributed by atoms with Gasteiger partial charge in [-0.3, -0.25) is 19.9 Å². The average Bonchev–Trinajstić information content (AvgIpc) is 3.17. The highest BCUT2D eigenvalue weighted by atomic mass is 16.6. The van der Waals surface area contributed by atoms with Crippen LogP contribution in [0.15, 0.2) is 77.5 Å². The number of nitrogens with one attached hydrogen (secondary N) is 1. The minimum Gasteiger partial charge on any atom is -0.436 e. The van der Waals surface area contributed by atoms with Crippen LogP contribution in [0.4, 0.5) is 11.4 Å². The van der Waals surface area contributed by atoms with Crippen molar-refractivity contribution >= 4 is 34.5 Å². The summed E-state index contributed by atoms with van der Waals surface area (Å²) in [6.07, 6.45) is 6.26. The van der Waals surface area contributed by atoms with Gasteiger partial charge in [-0.15, -0.1) is 0 Å². The molecule has 0 aliphatic heterocycles. The van der Waals surface area contributed by atoms with E-state index in [1.165, 1.54) is 18.2 Å². The van der Waals surface area contributed by atoms with E-state index in [-0.39, 0.29) is 11.6 Å². The first-order chi connectivity index (χ1) is 14.1. The third kappa shape index (κ3) is 4.16. The van der Waals surface area contributed by atoms with E-state index in [1.54, 1.807) is 60.9 Å². The van der Waals surface area contributed by atoms with Crippen LogP contribution >= 0.6 is 0 Å². The Morgan fingerprint density at radius 1 is 1.07 bits per heavy atom. The SMILES string of the molecule is O=C(/C=C\c1ccc([N+](=O)[O-])cc1)Nc1ccc2oc(-c3ccncc3)nc2c1. The summed E-state index contributed by atoms with van der Waals surface area (Å²) in [5, 5.41) is 13.4. The summed E-state index contributed by atoms with van der Waals surface area (Å²) in [6, 6.07) is 14.7. The quantitative estimate of drug-likeness (QED) is 0.308. The van der Waals surface area contributed by atoms with Crippen LogP contribution in [0.2, 0.25) is 0 Å². The molecule has 0 radical (unpaired) electrons. The molecule has 0 unspecified atom stereocenters.